The van der Waals surface area contributed by atoms with Crippen LogP contribution in [0.15, 0.2) is 24.3 Å². The van der Waals surface area contributed by atoms with E-state index in [2.05, 4.69) is 58.2 Å². The highest BCUT2D eigenvalue weighted by Gasteiger charge is 2.26. The van der Waals surface area contributed by atoms with Crippen LogP contribution in [0.1, 0.15) is 49.6 Å². The Balaban J connectivity index is 2.02. The van der Waals surface area contributed by atoms with E-state index in [4.69, 9.17) is 0 Å². The zero-order valence-corrected chi connectivity index (χ0v) is 12.3. The van der Waals surface area contributed by atoms with Gasteiger partial charge in [-0.25, -0.2) is 0 Å². The van der Waals surface area contributed by atoms with Crippen LogP contribution < -0.4 is 5.32 Å². The van der Waals surface area contributed by atoms with Gasteiger partial charge in [0.1, 0.15) is 5.82 Å². The van der Waals surface area contributed by atoms with Crippen LogP contribution in [0, 0.1) is 0 Å². The summed E-state index contributed by atoms with van der Waals surface area (Å²) < 4.78 is 2.22. The number of aromatic nitrogens is 3. The first-order chi connectivity index (χ1) is 9.85. The molecule has 1 aliphatic rings. The molecule has 0 amide bonds. The second kappa shape index (κ2) is 5.65. The van der Waals surface area contributed by atoms with E-state index in [1.54, 1.807) is 0 Å². The minimum Gasteiger partial charge on any atom is -0.355 e. The third-order valence-corrected chi connectivity index (χ3v) is 4.11. The summed E-state index contributed by atoms with van der Waals surface area (Å²) in [7, 11) is 0. The molecule has 1 aromatic heterocycles. The molecule has 0 saturated heterocycles. The Morgan fingerprint density at radius 3 is 2.90 bits per heavy atom. The fraction of sp³-hybridized carbons (Fsp3) is 0.500. The molecule has 1 atom stereocenters. The van der Waals surface area contributed by atoms with Crippen LogP contribution in [0.2, 0.25) is 0 Å². The Kier molecular flexibility index (Phi) is 3.72. The molecule has 0 aliphatic heterocycles. The maximum Gasteiger partial charge on any atom is 0.224 e. The summed E-state index contributed by atoms with van der Waals surface area (Å²) in [6, 6.07) is 8.77. The first-order valence-corrected chi connectivity index (χ1v) is 7.59. The van der Waals surface area contributed by atoms with Gasteiger partial charge in [0.25, 0.3) is 0 Å². The number of hydrogen-bond acceptors (Lipinski definition) is 3. The van der Waals surface area contributed by atoms with Gasteiger partial charge in [0, 0.05) is 19.0 Å². The number of hydrogen-bond donors (Lipinski definition) is 1. The van der Waals surface area contributed by atoms with Crippen molar-refractivity contribution in [2.45, 2.75) is 45.6 Å². The Hall–Kier alpha value is -1.84. The van der Waals surface area contributed by atoms with E-state index in [0.717, 1.165) is 24.9 Å². The van der Waals surface area contributed by atoms with Crippen molar-refractivity contribution in [3.05, 3.63) is 41.2 Å². The largest absolute Gasteiger partial charge is 0.355 e. The zero-order valence-electron chi connectivity index (χ0n) is 12.3. The van der Waals surface area contributed by atoms with E-state index in [-0.39, 0.29) is 0 Å². The first kappa shape index (κ1) is 13.2. The standard InChI is InChI=1S/C16H22N4/c1-3-17-16-19-18-15(20(16)4-2)14-11-7-9-12-8-5-6-10-13(12)14/h5-6,8,10,14H,3-4,7,9,11H2,1-2H3,(H,17,19). The van der Waals surface area contributed by atoms with E-state index in [0.29, 0.717) is 5.92 Å². The molecule has 106 valence electrons. The molecule has 1 unspecified atom stereocenters. The summed E-state index contributed by atoms with van der Waals surface area (Å²) in [6.07, 6.45) is 3.59. The number of rotatable bonds is 4. The van der Waals surface area contributed by atoms with Crippen molar-refractivity contribution in [2.24, 2.45) is 0 Å². The molecule has 0 fully saturated rings. The van der Waals surface area contributed by atoms with Gasteiger partial charge >= 0.3 is 0 Å². The van der Waals surface area contributed by atoms with Crippen molar-refractivity contribution in [2.75, 3.05) is 11.9 Å². The van der Waals surface area contributed by atoms with Crippen molar-refractivity contribution in [1.29, 1.82) is 0 Å². The van der Waals surface area contributed by atoms with Crippen LogP contribution >= 0.6 is 0 Å². The quantitative estimate of drug-likeness (QED) is 0.927. The zero-order chi connectivity index (χ0) is 13.9. The van der Waals surface area contributed by atoms with Gasteiger partial charge in [0.05, 0.1) is 0 Å². The highest BCUT2D eigenvalue weighted by atomic mass is 15.3. The van der Waals surface area contributed by atoms with Gasteiger partial charge in [-0.1, -0.05) is 24.3 Å². The molecule has 4 heteroatoms. The van der Waals surface area contributed by atoms with E-state index in [1.165, 1.54) is 30.4 Å². The van der Waals surface area contributed by atoms with Crippen LogP contribution in [0.4, 0.5) is 5.95 Å². The Morgan fingerprint density at radius 2 is 2.10 bits per heavy atom. The van der Waals surface area contributed by atoms with E-state index in [9.17, 15) is 0 Å². The molecule has 0 radical (unpaired) electrons. The fourth-order valence-corrected chi connectivity index (χ4v) is 3.20. The second-order valence-electron chi connectivity index (χ2n) is 5.30. The summed E-state index contributed by atoms with van der Waals surface area (Å²) in [5.41, 5.74) is 2.91. The van der Waals surface area contributed by atoms with Crippen molar-refractivity contribution in [3.8, 4) is 0 Å². The highest BCUT2D eigenvalue weighted by Crippen LogP contribution is 2.36. The molecule has 0 saturated carbocycles. The molecule has 0 spiro atoms. The molecule has 1 aliphatic carbocycles. The van der Waals surface area contributed by atoms with Crippen molar-refractivity contribution in [3.63, 3.8) is 0 Å². The molecule has 1 heterocycles. The van der Waals surface area contributed by atoms with Crippen LogP contribution in [-0.4, -0.2) is 21.3 Å². The topological polar surface area (TPSA) is 42.7 Å². The van der Waals surface area contributed by atoms with Crippen LogP contribution in [0.25, 0.3) is 0 Å². The van der Waals surface area contributed by atoms with Gasteiger partial charge in [0.15, 0.2) is 0 Å². The average Bonchev–Trinajstić information content (AvgIpc) is 2.89. The Labute approximate surface area is 120 Å². The van der Waals surface area contributed by atoms with Crippen molar-refractivity contribution in [1.82, 2.24) is 14.8 Å². The summed E-state index contributed by atoms with van der Waals surface area (Å²) in [5, 5.41) is 12.1. The first-order valence-electron chi connectivity index (χ1n) is 7.59. The maximum atomic E-state index is 4.48. The van der Waals surface area contributed by atoms with E-state index in [1.807, 2.05) is 0 Å². The number of benzene rings is 1. The van der Waals surface area contributed by atoms with Crippen LogP contribution in [0.5, 0.6) is 0 Å². The lowest BCUT2D eigenvalue weighted by Gasteiger charge is -2.25. The number of nitrogens with one attached hydrogen (secondary N) is 1. The molecule has 4 nitrogen and oxygen atoms in total. The van der Waals surface area contributed by atoms with E-state index < -0.39 is 0 Å². The van der Waals surface area contributed by atoms with Gasteiger partial charge in [-0.15, -0.1) is 10.2 Å². The molecule has 1 aromatic carbocycles. The molecular weight excluding hydrogens is 248 g/mol. The van der Waals surface area contributed by atoms with Gasteiger partial charge in [-0.05, 0) is 44.2 Å². The summed E-state index contributed by atoms with van der Waals surface area (Å²) in [5.74, 6) is 2.39. The third kappa shape index (κ3) is 2.19. The summed E-state index contributed by atoms with van der Waals surface area (Å²) in [6.45, 7) is 6.02. The fourth-order valence-electron chi connectivity index (χ4n) is 3.20. The molecule has 2 aromatic rings. The van der Waals surface area contributed by atoms with Crippen LogP contribution in [-0.2, 0) is 13.0 Å². The Morgan fingerprint density at radius 1 is 1.25 bits per heavy atom. The Bertz CT molecular complexity index is 588. The van der Waals surface area contributed by atoms with Gasteiger partial charge in [0.2, 0.25) is 5.95 Å². The van der Waals surface area contributed by atoms with Crippen molar-refractivity contribution < 1.29 is 0 Å². The monoisotopic (exact) mass is 270 g/mol. The minimum atomic E-state index is 0.389. The SMILES string of the molecule is CCNc1nnc(C2CCCc3ccccc32)n1CC. The predicted molar refractivity (Wildman–Crippen MR) is 81.1 cm³/mol. The number of aryl methyl sites for hydroxylation is 1. The van der Waals surface area contributed by atoms with Gasteiger partial charge in [-0.3, -0.25) is 4.57 Å². The van der Waals surface area contributed by atoms with E-state index >= 15 is 0 Å². The molecular formula is C16H22N4. The predicted octanol–water partition coefficient (Wildman–Crippen LogP) is 3.20. The van der Waals surface area contributed by atoms with Gasteiger partial charge in [-0.2, -0.15) is 0 Å². The number of fused-ring (bicyclic) bond motifs is 1. The highest BCUT2D eigenvalue weighted by molar-refractivity contribution is 5.38. The summed E-state index contributed by atoms with van der Waals surface area (Å²) in [4.78, 5) is 0. The number of anilines is 1. The normalized spacial score (nSPS) is 17.8. The van der Waals surface area contributed by atoms with Crippen molar-refractivity contribution >= 4 is 5.95 Å². The average molecular weight is 270 g/mol. The lowest BCUT2D eigenvalue weighted by molar-refractivity contribution is 0.559. The maximum absolute atomic E-state index is 4.48. The summed E-state index contributed by atoms with van der Waals surface area (Å²) >= 11 is 0. The smallest absolute Gasteiger partial charge is 0.224 e. The molecule has 3 rings (SSSR count). The molecule has 1 N–H and O–H groups in total. The third-order valence-electron chi connectivity index (χ3n) is 4.11. The molecule has 0 bridgehead atoms. The minimum absolute atomic E-state index is 0.389. The van der Waals surface area contributed by atoms with Crippen LogP contribution in [0.3, 0.4) is 0 Å². The number of nitrogens with zero attached hydrogens (tertiary/aromatic N) is 3. The lowest BCUT2D eigenvalue weighted by atomic mass is 9.82. The lowest BCUT2D eigenvalue weighted by Crippen LogP contribution is -2.16. The second-order valence-corrected chi connectivity index (χ2v) is 5.30. The molecule has 20 heavy (non-hydrogen) atoms. The van der Waals surface area contributed by atoms with Gasteiger partial charge < -0.3 is 5.32 Å².